The fourth-order valence-electron chi connectivity index (χ4n) is 3.12. The molecule has 3 rings (SSSR count). The second kappa shape index (κ2) is 7.21. The van der Waals surface area contributed by atoms with Crippen LogP contribution < -0.4 is 5.32 Å². The van der Waals surface area contributed by atoms with Crippen molar-refractivity contribution in [3.8, 4) is 5.00 Å². The first-order valence-corrected chi connectivity index (χ1v) is 9.07. The van der Waals surface area contributed by atoms with Crippen LogP contribution in [0.5, 0.6) is 0 Å². The largest absolute Gasteiger partial charge is 0.469 e. The summed E-state index contributed by atoms with van der Waals surface area (Å²) in [5.74, 6) is -0.421. The molecule has 0 fully saturated rings. The molecule has 128 valence electrons. The van der Waals surface area contributed by atoms with Crippen LogP contribution >= 0.6 is 11.3 Å². The molecule has 2 aromatic rings. The summed E-state index contributed by atoms with van der Waals surface area (Å²) in [5.41, 5.74) is 1.94. The number of carbonyl (C=O) groups excluding carboxylic acids is 2. The minimum atomic E-state index is -0.319. The quantitative estimate of drug-likeness (QED) is 0.846. The monoisotopic (exact) mass is 346 g/mol. The van der Waals surface area contributed by atoms with Crippen LogP contribution in [0.3, 0.4) is 0 Å². The lowest BCUT2D eigenvalue weighted by atomic mass is 9.95. The van der Waals surface area contributed by atoms with E-state index in [1.807, 2.05) is 36.0 Å². The van der Waals surface area contributed by atoms with Crippen LogP contribution in [-0.2, 0) is 22.4 Å². The van der Waals surface area contributed by atoms with E-state index < -0.39 is 0 Å². The second-order valence-corrected chi connectivity index (χ2v) is 7.22. The van der Waals surface area contributed by atoms with Crippen molar-refractivity contribution in [2.45, 2.75) is 45.1 Å². The molecule has 0 bridgehead atoms. The molecule has 1 N–H and O–H groups in total. The molecule has 5 nitrogen and oxygen atoms in total. The molecule has 2 heterocycles. The standard InChI is InChI=1S/C18H22N2O3S/c1-12(11-15(21)23-2)19-17(22)16-13-7-3-4-8-14(13)24-18(16)20-9-5-6-10-20/h5-6,9-10,12H,3-4,7-8,11H2,1-2H3,(H,19,22). The summed E-state index contributed by atoms with van der Waals surface area (Å²) in [6.07, 6.45) is 8.39. The molecular weight excluding hydrogens is 324 g/mol. The van der Waals surface area contributed by atoms with Gasteiger partial charge < -0.3 is 14.6 Å². The summed E-state index contributed by atoms with van der Waals surface area (Å²) < 4.78 is 6.68. The molecule has 0 spiro atoms. The van der Waals surface area contributed by atoms with Gasteiger partial charge in [0.2, 0.25) is 0 Å². The van der Waals surface area contributed by atoms with Crippen LogP contribution in [0.15, 0.2) is 24.5 Å². The van der Waals surface area contributed by atoms with Crippen LogP contribution in [-0.4, -0.2) is 29.6 Å². The summed E-state index contributed by atoms with van der Waals surface area (Å²) in [6, 6.07) is 3.65. The lowest BCUT2D eigenvalue weighted by Gasteiger charge is -2.16. The Morgan fingerprint density at radius 1 is 1.29 bits per heavy atom. The van der Waals surface area contributed by atoms with Crippen LogP contribution in [0.2, 0.25) is 0 Å². The minimum absolute atomic E-state index is 0.102. The van der Waals surface area contributed by atoms with Crippen molar-refractivity contribution in [2.24, 2.45) is 0 Å². The number of amides is 1. The van der Waals surface area contributed by atoms with Crippen LogP contribution in [0, 0.1) is 0 Å². The van der Waals surface area contributed by atoms with Gasteiger partial charge >= 0.3 is 5.97 Å². The molecule has 1 unspecified atom stereocenters. The third kappa shape index (κ3) is 3.38. The predicted molar refractivity (Wildman–Crippen MR) is 93.8 cm³/mol. The number of hydrogen-bond donors (Lipinski definition) is 1. The van der Waals surface area contributed by atoms with Crippen molar-refractivity contribution >= 4 is 23.2 Å². The Hall–Kier alpha value is -2.08. The summed E-state index contributed by atoms with van der Waals surface area (Å²) in [7, 11) is 1.36. The number of methoxy groups -OCH3 is 1. The fourth-order valence-corrected chi connectivity index (χ4v) is 4.47. The third-order valence-corrected chi connectivity index (χ3v) is 5.60. The van der Waals surface area contributed by atoms with Gasteiger partial charge in [0.1, 0.15) is 5.00 Å². The Kier molecular flexibility index (Phi) is 5.04. The number of carbonyl (C=O) groups is 2. The first-order valence-electron chi connectivity index (χ1n) is 8.25. The van der Waals surface area contributed by atoms with E-state index in [1.54, 1.807) is 11.3 Å². The zero-order valence-corrected chi connectivity index (χ0v) is 14.8. The van der Waals surface area contributed by atoms with Gasteiger partial charge in [0, 0.05) is 23.3 Å². The number of rotatable bonds is 5. The summed E-state index contributed by atoms with van der Waals surface area (Å²) in [5, 5.41) is 3.92. The van der Waals surface area contributed by atoms with E-state index >= 15 is 0 Å². The van der Waals surface area contributed by atoms with Gasteiger partial charge in [-0.15, -0.1) is 11.3 Å². The predicted octanol–water partition coefficient (Wildman–Crippen LogP) is 3.10. The number of fused-ring (bicyclic) bond motifs is 1. The van der Waals surface area contributed by atoms with E-state index in [1.165, 1.54) is 24.0 Å². The fraction of sp³-hybridized carbons (Fsp3) is 0.444. The van der Waals surface area contributed by atoms with Crippen LogP contribution in [0.25, 0.3) is 5.00 Å². The summed E-state index contributed by atoms with van der Waals surface area (Å²) in [6.45, 7) is 1.82. The highest BCUT2D eigenvalue weighted by Gasteiger charge is 2.27. The number of hydrogen-bond acceptors (Lipinski definition) is 4. The number of ether oxygens (including phenoxy) is 1. The Morgan fingerprint density at radius 3 is 2.71 bits per heavy atom. The van der Waals surface area contributed by atoms with E-state index in [-0.39, 0.29) is 24.3 Å². The van der Waals surface area contributed by atoms with Crippen molar-refractivity contribution in [1.29, 1.82) is 0 Å². The summed E-state index contributed by atoms with van der Waals surface area (Å²) in [4.78, 5) is 25.6. The zero-order chi connectivity index (χ0) is 17.1. The van der Waals surface area contributed by atoms with E-state index in [9.17, 15) is 9.59 Å². The molecule has 0 aromatic carbocycles. The van der Waals surface area contributed by atoms with Crippen molar-refractivity contribution in [3.63, 3.8) is 0 Å². The molecule has 0 aliphatic heterocycles. The molecule has 6 heteroatoms. The maximum atomic E-state index is 12.9. The van der Waals surface area contributed by atoms with Gasteiger partial charge in [-0.05, 0) is 50.3 Å². The van der Waals surface area contributed by atoms with Crippen molar-refractivity contribution in [3.05, 3.63) is 40.5 Å². The Balaban J connectivity index is 1.89. The molecule has 1 aliphatic rings. The molecule has 0 radical (unpaired) electrons. The average molecular weight is 346 g/mol. The normalized spacial score (nSPS) is 14.8. The van der Waals surface area contributed by atoms with E-state index in [2.05, 4.69) is 10.1 Å². The first kappa shape index (κ1) is 16.8. The topological polar surface area (TPSA) is 60.3 Å². The lowest BCUT2D eigenvalue weighted by Crippen LogP contribution is -2.35. The number of thiophene rings is 1. The molecule has 1 amide bonds. The molecule has 1 atom stereocenters. The van der Waals surface area contributed by atoms with Crippen molar-refractivity contribution in [2.75, 3.05) is 7.11 Å². The number of aromatic nitrogens is 1. The number of esters is 1. The number of nitrogens with zero attached hydrogens (tertiary/aromatic N) is 1. The highest BCUT2D eigenvalue weighted by Crippen LogP contribution is 2.36. The van der Waals surface area contributed by atoms with E-state index in [4.69, 9.17) is 0 Å². The summed E-state index contributed by atoms with van der Waals surface area (Å²) >= 11 is 1.70. The highest BCUT2D eigenvalue weighted by atomic mass is 32.1. The molecule has 0 saturated carbocycles. The second-order valence-electron chi connectivity index (χ2n) is 6.14. The van der Waals surface area contributed by atoms with Crippen LogP contribution in [0.1, 0.15) is 47.0 Å². The average Bonchev–Trinajstić information content (AvgIpc) is 3.21. The van der Waals surface area contributed by atoms with Gasteiger partial charge in [-0.25, -0.2) is 0 Å². The van der Waals surface area contributed by atoms with Gasteiger partial charge in [-0.2, -0.15) is 0 Å². The molecule has 2 aromatic heterocycles. The minimum Gasteiger partial charge on any atom is -0.469 e. The molecule has 24 heavy (non-hydrogen) atoms. The molecular formula is C18H22N2O3S. The lowest BCUT2D eigenvalue weighted by molar-refractivity contribution is -0.141. The maximum Gasteiger partial charge on any atom is 0.307 e. The number of nitrogens with one attached hydrogen (secondary N) is 1. The van der Waals surface area contributed by atoms with Gasteiger partial charge in [0.25, 0.3) is 5.91 Å². The van der Waals surface area contributed by atoms with E-state index in [0.717, 1.165) is 29.8 Å². The Labute approximate surface area is 145 Å². The van der Waals surface area contributed by atoms with Crippen LogP contribution in [0.4, 0.5) is 0 Å². The Morgan fingerprint density at radius 2 is 2.00 bits per heavy atom. The van der Waals surface area contributed by atoms with Gasteiger partial charge in [0.05, 0.1) is 19.1 Å². The first-order chi connectivity index (χ1) is 11.6. The van der Waals surface area contributed by atoms with Gasteiger partial charge in [-0.3, -0.25) is 9.59 Å². The molecule has 1 aliphatic carbocycles. The van der Waals surface area contributed by atoms with Crippen molar-refractivity contribution in [1.82, 2.24) is 9.88 Å². The van der Waals surface area contributed by atoms with Gasteiger partial charge in [0.15, 0.2) is 0 Å². The smallest absolute Gasteiger partial charge is 0.307 e. The highest BCUT2D eigenvalue weighted by molar-refractivity contribution is 7.15. The van der Waals surface area contributed by atoms with E-state index in [0.29, 0.717) is 0 Å². The molecule has 0 saturated heterocycles. The maximum absolute atomic E-state index is 12.9. The Bertz CT molecular complexity index is 734. The number of aryl methyl sites for hydroxylation is 1. The SMILES string of the molecule is COC(=O)CC(C)NC(=O)c1c(-n2cccc2)sc2c1CCCC2. The van der Waals surface area contributed by atoms with Gasteiger partial charge in [-0.1, -0.05) is 0 Å². The third-order valence-electron chi connectivity index (χ3n) is 4.30. The zero-order valence-electron chi connectivity index (χ0n) is 14.0. The van der Waals surface area contributed by atoms with Crippen molar-refractivity contribution < 1.29 is 14.3 Å².